The first-order valence-corrected chi connectivity index (χ1v) is 10.7. The van der Waals surface area contributed by atoms with E-state index in [4.69, 9.17) is 11.6 Å². The van der Waals surface area contributed by atoms with Crippen LogP contribution in [0.25, 0.3) is 10.9 Å². The molecular formula is C24H21ClFN7O. The zero-order chi connectivity index (χ0) is 24.2. The van der Waals surface area contributed by atoms with Gasteiger partial charge in [-0.1, -0.05) is 11.6 Å². The Balaban J connectivity index is 1.62. The van der Waals surface area contributed by atoms with E-state index >= 15 is 0 Å². The van der Waals surface area contributed by atoms with Crippen LogP contribution in [0, 0.1) is 17.1 Å². The first kappa shape index (κ1) is 23.0. The molecule has 0 spiro atoms. The van der Waals surface area contributed by atoms with Crippen molar-refractivity contribution in [1.29, 1.82) is 5.26 Å². The van der Waals surface area contributed by atoms with Gasteiger partial charge < -0.3 is 20.1 Å². The van der Waals surface area contributed by atoms with Crippen LogP contribution < -0.4 is 10.6 Å². The number of rotatable bonds is 7. The van der Waals surface area contributed by atoms with E-state index in [1.54, 1.807) is 37.1 Å². The molecule has 0 aliphatic heterocycles. The first-order valence-electron chi connectivity index (χ1n) is 10.3. The van der Waals surface area contributed by atoms with Crippen molar-refractivity contribution in [2.45, 2.75) is 13.1 Å². The topological polar surface area (TPSA) is 98.9 Å². The molecule has 8 nitrogen and oxygen atoms in total. The third-order valence-corrected chi connectivity index (χ3v) is 5.52. The van der Waals surface area contributed by atoms with Crippen molar-refractivity contribution in [3.05, 3.63) is 77.2 Å². The molecular weight excluding hydrogens is 457 g/mol. The van der Waals surface area contributed by atoms with Crippen molar-refractivity contribution in [2.24, 2.45) is 0 Å². The van der Waals surface area contributed by atoms with Gasteiger partial charge in [-0.05, 0) is 36.4 Å². The number of pyridine rings is 1. The van der Waals surface area contributed by atoms with Gasteiger partial charge in [-0.15, -0.1) is 0 Å². The summed E-state index contributed by atoms with van der Waals surface area (Å²) in [6, 6.07) is 12.0. The Kier molecular flexibility index (Phi) is 6.61. The molecule has 10 heteroatoms. The highest BCUT2D eigenvalue weighted by atomic mass is 35.5. The Hall–Kier alpha value is -4.16. The van der Waals surface area contributed by atoms with E-state index in [2.05, 4.69) is 26.7 Å². The van der Waals surface area contributed by atoms with Crippen LogP contribution in [0.3, 0.4) is 0 Å². The molecule has 4 aromatic rings. The highest BCUT2D eigenvalue weighted by Crippen LogP contribution is 2.32. The zero-order valence-electron chi connectivity index (χ0n) is 18.5. The largest absolute Gasteiger partial charge is 0.378 e. The van der Waals surface area contributed by atoms with Crippen LogP contribution in [0.2, 0.25) is 5.02 Å². The van der Waals surface area contributed by atoms with Crippen LogP contribution in [0.15, 0.2) is 55.0 Å². The Morgan fingerprint density at radius 3 is 2.74 bits per heavy atom. The van der Waals surface area contributed by atoms with Crippen LogP contribution in [0.4, 0.5) is 21.5 Å². The molecule has 2 heterocycles. The predicted octanol–water partition coefficient (Wildman–Crippen LogP) is 4.54. The molecule has 34 heavy (non-hydrogen) atoms. The van der Waals surface area contributed by atoms with Gasteiger partial charge in [-0.25, -0.2) is 9.37 Å². The number of nitriles is 1. The summed E-state index contributed by atoms with van der Waals surface area (Å²) in [7, 11) is 3.42. The molecule has 0 unspecified atom stereocenters. The average molecular weight is 478 g/mol. The molecule has 2 N–H and O–H groups in total. The molecule has 0 fully saturated rings. The molecule has 2 aromatic carbocycles. The number of fused-ring (bicyclic) bond motifs is 1. The lowest BCUT2D eigenvalue weighted by atomic mass is 10.1. The summed E-state index contributed by atoms with van der Waals surface area (Å²) in [5, 5.41) is 16.8. The number of hydrogen-bond donors (Lipinski definition) is 2. The van der Waals surface area contributed by atoms with Crippen LogP contribution in [-0.2, 0) is 17.9 Å². The first-order chi connectivity index (χ1) is 16.4. The lowest BCUT2D eigenvalue weighted by molar-refractivity contribution is -0.129. The van der Waals surface area contributed by atoms with Crippen molar-refractivity contribution >= 4 is 45.5 Å². The third-order valence-electron chi connectivity index (χ3n) is 5.23. The predicted molar refractivity (Wildman–Crippen MR) is 129 cm³/mol. The molecule has 0 aliphatic carbocycles. The van der Waals surface area contributed by atoms with Crippen molar-refractivity contribution in [1.82, 2.24) is 19.4 Å². The maximum atomic E-state index is 13.6. The molecule has 0 atom stereocenters. The van der Waals surface area contributed by atoms with Crippen LogP contribution in [0.1, 0.15) is 11.4 Å². The summed E-state index contributed by atoms with van der Waals surface area (Å²) in [5.41, 5.74) is 2.87. The summed E-state index contributed by atoms with van der Waals surface area (Å²) in [4.78, 5) is 22.3. The molecule has 0 saturated heterocycles. The number of hydrogen-bond acceptors (Lipinski definition) is 6. The fraction of sp³-hybridized carbons (Fsp3) is 0.167. The monoisotopic (exact) mass is 477 g/mol. The van der Waals surface area contributed by atoms with Gasteiger partial charge >= 0.3 is 0 Å². The summed E-state index contributed by atoms with van der Waals surface area (Å²) in [5.74, 6) is 0.152. The second kappa shape index (κ2) is 9.77. The van der Waals surface area contributed by atoms with E-state index in [0.29, 0.717) is 40.2 Å². The molecule has 0 aliphatic rings. The molecule has 0 radical (unpaired) electrons. The normalized spacial score (nSPS) is 10.7. The highest BCUT2D eigenvalue weighted by molar-refractivity contribution is 6.31. The molecule has 2 aromatic heterocycles. The number of likely N-dealkylation sites (N-methyl/N-ethyl adjacent to an activating group) is 1. The van der Waals surface area contributed by atoms with E-state index in [9.17, 15) is 14.4 Å². The second-order valence-corrected chi connectivity index (χ2v) is 8.16. The Morgan fingerprint density at radius 1 is 1.21 bits per heavy atom. The Bertz CT molecular complexity index is 1410. The maximum Gasteiger partial charge on any atom is 0.242 e. The number of halogens is 2. The van der Waals surface area contributed by atoms with E-state index in [-0.39, 0.29) is 17.5 Å². The van der Waals surface area contributed by atoms with E-state index < -0.39 is 5.82 Å². The van der Waals surface area contributed by atoms with Crippen molar-refractivity contribution in [2.75, 3.05) is 24.7 Å². The standard InChI is InChI=1S/C24H21ClFN7O/c1-32(2)23(34)14-33-8-7-28-22(33)13-29-16-4-6-21-18(9-16)24(15(11-27)12-30-21)31-17-3-5-20(26)19(25)10-17/h3-10,12,29H,13-14H2,1-2H3,(H,30,31). The lowest BCUT2D eigenvalue weighted by Crippen LogP contribution is -2.27. The summed E-state index contributed by atoms with van der Waals surface area (Å²) in [6.45, 7) is 0.590. The second-order valence-electron chi connectivity index (χ2n) is 7.76. The Labute approximate surface area is 200 Å². The van der Waals surface area contributed by atoms with Crippen molar-refractivity contribution in [3.63, 3.8) is 0 Å². The quantitative estimate of drug-likeness (QED) is 0.405. The van der Waals surface area contributed by atoms with Gasteiger partial charge in [0.2, 0.25) is 5.91 Å². The van der Waals surface area contributed by atoms with E-state index in [0.717, 1.165) is 5.69 Å². The summed E-state index contributed by atoms with van der Waals surface area (Å²) < 4.78 is 15.4. The number of nitrogens with one attached hydrogen (secondary N) is 2. The van der Waals surface area contributed by atoms with Gasteiger partial charge in [-0.2, -0.15) is 5.26 Å². The zero-order valence-corrected chi connectivity index (χ0v) is 19.3. The number of aromatic nitrogens is 3. The minimum Gasteiger partial charge on any atom is -0.378 e. The fourth-order valence-electron chi connectivity index (χ4n) is 3.36. The molecule has 0 bridgehead atoms. The SMILES string of the molecule is CN(C)C(=O)Cn1ccnc1CNc1ccc2ncc(C#N)c(Nc3ccc(F)c(Cl)c3)c2c1. The number of carbonyl (C=O) groups is 1. The number of imidazole rings is 1. The average Bonchev–Trinajstić information content (AvgIpc) is 3.27. The number of benzene rings is 2. The molecule has 4 rings (SSSR count). The summed E-state index contributed by atoms with van der Waals surface area (Å²) >= 11 is 5.91. The van der Waals surface area contributed by atoms with Gasteiger partial charge in [0.15, 0.2) is 0 Å². The van der Waals surface area contributed by atoms with E-state index in [1.165, 1.54) is 23.2 Å². The minimum atomic E-state index is -0.524. The fourth-order valence-corrected chi connectivity index (χ4v) is 3.54. The highest BCUT2D eigenvalue weighted by Gasteiger charge is 2.13. The minimum absolute atomic E-state index is 0.0209. The van der Waals surface area contributed by atoms with Crippen molar-refractivity contribution < 1.29 is 9.18 Å². The number of carbonyl (C=O) groups excluding carboxylic acids is 1. The van der Waals surface area contributed by atoms with Crippen LogP contribution in [-0.4, -0.2) is 39.4 Å². The number of anilines is 3. The van der Waals surface area contributed by atoms with Gasteiger partial charge in [-0.3, -0.25) is 9.78 Å². The van der Waals surface area contributed by atoms with Gasteiger partial charge in [0.05, 0.1) is 28.3 Å². The van der Waals surface area contributed by atoms with Gasteiger partial charge in [0, 0.05) is 49.4 Å². The number of nitrogens with zero attached hydrogens (tertiary/aromatic N) is 5. The van der Waals surface area contributed by atoms with E-state index in [1.807, 2.05) is 18.2 Å². The summed E-state index contributed by atoms with van der Waals surface area (Å²) in [6.07, 6.45) is 4.90. The lowest BCUT2D eigenvalue weighted by Gasteiger charge is -2.15. The molecule has 172 valence electrons. The Morgan fingerprint density at radius 2 is 2.00 bits per heavy atom. The van der Waals surface area contributed by atoms with Gasteiger partial charge in [0.25, 0.3) is 0 Å². The molecule has 1 amide bonds. The number of amides is 1. The van der Waals surface area contributed by atoms with Crippen molar-refractivity contribution in [3.8, 4) is 6.07 Å². The third kappa shape index (κ3) is 4.92. The maximum absolute atomic E-state index is 13.6. The van der Waals surface area contributed by atoms with Crippen LogP contribution in [0.5, 0.6) is 0 Å². The smallest absolute Gasteiger partial charge is 0.242 e. The van der Waals surface area contributed by atoms with Crippen LogP contribution >= 0.6 is 11.6 Å². The molecule has 0 saturated carbocycles. The van der Waals surface area contributed by atoms with Gasteiger partial charge in [0.1, 0.15) is 24.3 Å².